The molecule has 1 aliphatic heterocycles. The molecule has 1 aromatic rings. The molecular weight excluding hydrogens is 296 g/mol. The van der Waals surface area contributed by atoms with Gasteiger partial charge in [0.2, 0.25) is 0 Å². The van der Waals surface area contributed by atoms with Crippen LogP contribution in [0.5, 0.6) is 11.5 Å². The number of esters is 1. The van der Waals surface area contributed by atoms with Crippen molar-refractivity contribution in [3.8, 4) is 11.5 Å². The minimum atomic E-state index is -0.702. The van der Waals surface area contributed by atoms with Crippen LogP contribution in [-0.2, 0) is 16.0 Å². The van der Waals surface area contributed by atoms with E-state index in [0.29, 0.717) is 6.42 Å². The monoisotopic (exact) mass is 316 g/mol. The molecule has 0 radical (unpaired) electrons. The van der Waals surface area contributed by atoms with Crippen LogP contribution in [0.4, 0.5) is 0 Å². The van der Waals surface area contributed by atoms with Gasteiger partial charge >= 0.3 is 5.97 Å². The van der Waals surface area contributed by atoms with Crippen molar-refractivity contribution in [3.05, 3.63) is 47.6 Å². The molecular formula is C18H20O5. The van der Waals surface area contributed by atoms with Crippen molar-refractivity contribution >= 4 is 11.8 Å². The zero-order chi connectivity index (χ0) is 16.8. The van der Waals surface area contributed by atoms with Crippen molar-refractivity contribution < 1.29 is 24.5 Å². The van der Waals surface area contributed by atoms with Crippen molar-refractivity contribution in [2.45, 2.75) is 38.7 Å². The van der Waals surface area contributed by atoms with E-state index in [2.05, 4.69) is 0 Å². The Labute approximate surface area is 134 Å². The van der Waals surface area contributed by atoms with E-state index in [0.717, 1.165) is 18.9 Å². The van der Waals surface area contributed by atoms with Crippen molar-refractivity contribution in [1.29, 1.82) is 0 Å². The summed E-state index contributed by atoms with van der Waals surface area (Å²) in [4.78, 5) is 24.3. The van der Waals surface area contributed by atoms with Gasteiger partial charge in [0, 0.05) is 18.9 Å². The van der Waals surface area contributed by atoms with E-state index < -0.39 is 11.7 Å². The molecule has 0 unspecified atom stereocenters. The first-order valence-electron chi connectivity index (χ1n) is 7.57. The van der Waals surface area contributed by atoms with Crippen LogP contribution in [0, 0.1) is 0 Å². The molecule has 23 heavy (non-hydrogen) atoms. The van der Waals surface area contributed by atoms with Gasteiger partial charge in [0.25, 0.3) is 0 Å². The van der Waals surface area contributed by atoms with Crippen LogP contribution in [0.2, 0.25) is 0 Å². The number of aromatic hydroxyl groups is 2. The first-order valence-corrected chi connectivity index (χ1v) is 7.57. The fourth-order valence-corrected chi connectivity index (χ4v) is 2.39. The van der Waals surface area contributed by atoms with Crippen molar-refractivity contribution in [1.82, 2.24) is 0 Å². The summed E-state index contributed by atoms with van der Waals surface area (Å²) in [6, 6.07) is 2.37. The number of hydrogen-bond donors (Lipinski definition) is 2. The van der Waals surface area contributed by atoms with Crippen LogP contribution in [0.3, 0.4) is 0 Å². The molecule has 0 fully saturated rings. The number of carbonyl (C=O) groups is 2. The first kappa shape index (κ1) is 16.8. The Morgan fingerprint density at radius 1 is 1.09 bits per heavy atom. The first-order chi connectivity index (χ1) is 11.0. The summed E-state index contributed by atoms with van der Waals surface area (Å²) in [5.74, 6) is -1.51. The molecule has 2 N–H and O–H groups in total. The Hall–Kier alpha value is -2.56. The number of rotatable bonds is 0. The van der Waals surface area contributed by atoms with E-state index in [9.17, 15) is 19.8 Å². The summed E-state index contributed by atoms with van der Waals surface area (Å²) in [6.07, 6.45) is 8.83. The molecule has 0 bridgehead atoms. The third-order valence-corrected chi connectivity index (χ3v) is 3.50. The summed E-state index contributed by atoms with van der Waals surface area (Å²) in [7, 11) is 0. The second kappa shape index (κ2) is 7.63. The SMILES string of the molecule is C[C@@H]1C/C=C\CC/C=C\C(=O)Cc2cc(O)cc(O)c2C(=O)O1. The summed E-state index contributed by atoms with van der Waals surface area (Å²) >= 11 is 0. The fourth-order valence-electron chi connectivity index (χ4n) is 2.39. The Bertz CT molecular complexity index is 658. The van der Waals surface area contributed by atoms with Crippen LogP contribution in [-0.4, -0.2) is 28.1 Å². The highest BCUT2D eigenvalue weighted by Gasteiger charge is 2.22. The maximum absolute atomic E-state index is 12.3. The van der Waals surface area contributed by atoms with Crippen molar-refractivity contribution in [2.75, 3.05) is 0 Å². The number of ether oxygens (including phenoxy) is 1. The lowest BCUT2D eigenvalue weighted by Crippen LogP contribution is -2.17. The second-order valence-corrected chi connectivity index (χ2v) is 5.54. The van der Waals surface area contributed by atoms with Crippen LogP contribution in [0.25, 0.3) is 0 Å². The zero-order valence-corrected chi connectivity index (χ0v) is 13.0. The van der Waals surface area contributed by atoms with E-state index in [4.69, 9.17) is 4.74 Å². The Morgan fingerprint density at radius 3 is 2.61 bits per heavy atom. The van der Waals surface area contributed by atoms with Crippen molar-refractivity contribution in [3.63, 3.8) is 0 Å². The van der Waals surface area contributed by atoms with Crippen LogP contribution >= 0.6 is 0 Å². The van der Waals surface area contributed by atoms with Crippen LogP contribution in [0.1, 0.15) is 42.1 Å². The molecule has 0 saturated carbocycles. The Morgan fingerprint density at radius 2 is 1.83 bits per heavy atom. The molecule has 0 aliphatic carbocycles. The van der Waals surface area contributed by atoms with Gasteiger partial charge in [-0.15, -0.1) is 0 Å². The third kappa shape index (κ3) is 4.71. The van der Waals surface area contributed by atoms with Crippen molar-refractivity contribution in [2.24, 2.45) is 0 Å². The van der Waals surface area contributed by atoms with Gasteiger partial charge in [-0.1, -0.05) is 18.2 Å². The van der Waals surface area contributed by atoms with Gasteiger partial charge in [-0.3, -0.25) is 4.79 Å². The lowest BCUT2D eigenvalue weighted by Gasteiger charge is -2.15. The predicted octanol–water partition coefficient (Wildman–Crippen LogP) is 3.05. The fraction of sp³-hybridized carbons (Fsp3) is 0.333. The molecule has 0 saturated heterocycles. The van der Waals surface area contributed by atoms with Gasteiger partial charge in [0.05, 0.1) is 0 Å². The summed E-state index contributed by atoms with van der Waals surface area (Å²) < 4.78 is 5.32. The number of phenolic OH excluding ortho intramolecular Hbond substituents is 2. The molecule has 122 valence electrons. The highest BCUT2D eigenvalue weighted by Crippen LogP contribution is 2.29. The molecule has 5 heteroatoms. The average Bonchev–Trinajstić information content (AvgIpc) is 2.44. The van der Waals surface area contributed by atoms with Gasteiger partial charge < -0.3 is 14.9 Å². The number of ketones is 1. The third-order valence-electron chi connectivity index (χ3n) is 3.50. The number of phenols is 2. The van der Waals surface area contributed by atoms with Gasteiger partial charge in [-0.05, 0) is 37.5 Å². The highest BCUT2D eigenvalue weighted by molar-refractivity contribution is 5.98. The summed E-state index contributed by atoms with van der Waals surface area (Å²) in [6.45, 7) is 1.76. The maximum atomic E-state index is 12.3. The van der Waals surface area contributed by atoms with Crippen LogP contribution in [0.15, 0.2) is 36.4 Å². The van der Waals surface area contributed by atoms with E-state index in [-0.39, 0.29) is 35.2 Å². The molecule has 1 atom stereocenters. The zero-order valence-electron chi connectivity index (χ0n) is 13.0. The number of allylic oxidation sites excluding steroid dienone is 3. The number of hydrogen-bond acceptors (Lipinski definition) is 5. The van der Waals surface area contributed by atoms with Crippen LogP contribution < -0.4 is 0 Å². The topological polar surface area (TPSA) is 83.8 Å². The molecule has 1 aliphatic rings. The molecule has 2 rings (SSSR count). The minimum Gasteiger partial charge on any atom is -0.508 e. The maximum Gasteiger partial charge on any atom is 0.342 e. The van der Waals surface area contributed by atoms with Gasteiger partial charge in [-0.2, -0.15) is 0 Å². The number of fused-ring (bicyclic) bond motifs is 1. The molecule has 0 aromatic heterocycles. The quantitative estimate of drug-likeness (QED) is 0.568. The van der Waals surface area contributed by atoms with E-state index >= 15 is 0 Å². The lowest BCUT2D eigenvalue weighted by atomic mass is 10.00. The van der Waals surface area contributed by atoms with E-state index in [1.54, 1.807) is 13.0 Å². The summed E-state index contributed by atoms with van der Waals surface area (Å²) in [5.41, 5.74) is 0.180. The molecule has 1 aromatic carbocycles. The normalized spacial score (nSPS) is 22.6. The standard InChI is InChI=1S/C18H20O5/c1-12-7-5-3-2-4-6-8-14(19)9-13-10-15(20)11-16(21)17(13)18(22)23-12/h3,5-6,8,10-12,20-21H,2,4,7,9H2,1H3/b5-3-,8-6-/t12-/m1/s1. The Kier molecular flexibility index (Phi) is 5.57. The van der Waals surface area contributed by atoms with E-state index in [1.165, 1.54) is 12.1 Å². The lowest BCUT2D eigenvalue weighted by molar-refractivity contribution is -0.114. The van der Waals surface area contributed by atoms with Gasteiger partial charge in [0.1, 0.15) is 23.2 Å². The largest absolute Gasteiger partial charge is 0.508 e. The molecule has 0 spiro atoms. The number of benzene rings is 1. The van der Waals surface area contributed by atoms with Gasteiger partial charge in [-0.25, -0.2) is 4.79 Å². The Balaban J connectivity index is 2.40. The number of carbonyl (C=O) groups excluding carboxylic acids is 2. The average molecular weight is 316 g/mol. The second-order valence-electron chi connectivity index (χ2n) is 5.54. The molecule has 1 heterocycles. The van der Waals surface area contributed by atoms with E-state index in [1.807, 2.05) is 12.2 Å². The summed E-state index contributed by atoms with van der Waals surface area (Å²) in [5, 5.41) is 19.6. The molecule has 0 amide bonds. The number of cyclic esters (lactones) is 1. The van der Waals surface area contributed by atoms with Gasteiger partial charge in [0.15, 0.2) is 5.78 Å². The predicted molar refractivity (Wildman–Crippen MR) is 85.5 cm³/mol. The highest BCUT2D eigenvalue weighted by atomic mass is 16.5. The molecule has 5 nitrogen and oxygen atoms in total. The smallest absolute Gasteiger partial charge is 0.342 e. The minimum absolute atomic E-state index is 0.0718.